The maximum absolute atomic E-state index is 11.9. The Kier molecular flexibility index (Phi) is 26.6. The van der Waals surface area contributed by atoms with Crippen LogP contribution in [0.5, 0.6) is 0 Å². The number of ether oxygens (including phenoxy) is 3. The zero-order chi connectivity index (χ0) is 27.2. The molecular formula is C26H49N3O8. The summed E-state index contributed by atoms with van der Waals surface area (Å²) in [6, 6.07) is 0. The molecule has 0 aromatic carbocycles. The minimum Gasteiger partial charge on any atom is -0.481 e. The third kappa shape index (κ3) is 29.9. The molecule has 216 valence electrons. The number of aliphatic carboxylic acids is 1. The highest BCUT2D eigenvalue weighted by molar-refractivity contribution is 5.83. The van der Waals surface area contributed by atoms with Crippen molar-refractivity contribution in [2.75, 3.05) is 59.3 Å². The topological polar surface area (TPSA) is 152 Å². The molecule has 0 fully saturated rings. The van der Waals surface area contributed by atoms with Crippen LogP contribution in [0, 0.1) is 0 Å². The van der Waals surface area contributed by atoms with Gasteiger partial charge in [0.15, 0.2) is 0 Å². The number of hydrogen-bond acceptors (Lipinski definition) is 7. The molecule has 0 rings (SSSR count). The Balaban J connectivity index is 3.30. The molecule has 0 atom stereocenters. The summed E-state index contributed by atoms with van der Waals surface area (Å²) in [5.74, 6) is -0.958. The number of carbonyl (C=O) groups excluding carboxylic acids is 3. The Bertz CT molecular complexity index is 578. The third-order valence-corrected chi connectivity index (χ3v) is 5.44. The van der Waals surface area contributed by atoms with Gasteiger partial charge in [0.25, 0.3) is 0 Å². The van der Waals surface area contributed by atoms with Crippen molar-refractivity contribution >= 4 is 24.2 Å². The number of carboxylic acids is 1. The molecule has 0 aromatic rings. The van der Waals surface area contributed by atoms with Crippen LogP contribution >= 0.6 is 0 Å². The Morgan fingerprint density at radius 2 is 0.973 bits per heavy atom. The fourth-order valence-corrected chi connectivity index (χ4v) is 3.37. The maximum Gasteiger partial charge on any atom is 0.303 e. The molecule has 0 unspecified atom stereocenters. The van der Waals surface area contributed by atoms with E-state index in [1.54, 1.807) is 0 Å². The van der Waals surface area contributed by atoms with E-state index in [4.69, 9.17) is 19.3 Å². The summed E-state index contributed by atoms with van der Waals surface area (Å²) in [4.78, 5) is 44.2. The third-order valence-electron chi connectivity index (χ3n) is 5.44. The lowest BCUT2D eigenvalue weighted by Gasteiger charge is -2.08. The van der Waals surface area contributed by atoms with E-state index in [2.05, 4.69) is 16.0 Å². The van der Waals surface area contributed by atoms with Crippen molar-refractivity contribution < 1.29 is 38.5 Å². The first-order valence-electron chi connectivity index (χ1n) is 13.7. The van der Waals surface area contributed by atoms with E-state index >= 15 is 0 Å². The van der Waals surface area contributed by atoms with E-state index in [9.17, 15) is 19.2 Å². The van der Waals surface area contributed by atoms with Crippen LogP contribution < -0.4 is 16.0 Å². The summed E-state index contributed by atoms with van der Waals surface area (Å²) in [5, 5.41) is 16.8. The van der Waals surface area contributed by atoms with E-state index < -0.39 is 5.97 Å². The van der Waals surface area contributed by atoms with Gasteiger partial charge in [0, 0.05) is 52.1 Å². The summed E-state index contributed by atoms with van der Waals surface area (Å²) in [7, 11) is 0. The minimum absolute atomic E-state index is 0.0998. The lowest BCUT2D eigenvalue weighted by atomic mass is 10.1. The Morgan fingerprint density at radius 3 is 1.49 bits per heavy atom. The van der Waals surface area contributed by atoms with Crippen LogP contribution in [0.4, 0.5) is 0 Å². The first kappa shape index (κ1) is 34.8. The van der Waals surface area contributed by atoms with E-state index in [0.29, 0.717) is 72.1 Å². The van der Waals surface area contributed by atoms with Crippen LogP contribution in [0.3, 0.4) is 0 Å². The van der Waals surface area contributed by atoms with Crippen molar-refractivity contribution in [3.8, 4) is 0 Å². The minimum atomic E-state index is -0.723. The van der Waals surface area contributed by atoms with Crippen molar-refractivity contribution in [2.24, 2.45) is 0 Å². The highest BCUT2D eigenvalue weighted by Crippen LogP contribution is 2.09. The molecule has 11 heteroatoms. The van der Waals surface area contributed by atoms with Crippen molar-refractivity contribution in [2.45, 2.75) is 83.5 Å². The summed E-state index contributed by atoms with van der Waals surface area (Å²) in [5.41, 5.74) is 0. The van der Waals surface area contributed by atoms with Crippen molar-refractivity contribution in [3.05, 3.63) is 0 Å². The van der Waals surface area contributed by atoms with Gasteiger partial charge in [-0.15, -0.1) is 0 Å². The molecule has 0 bridgehead atoms. The monoisotopic (exact) mass is 531 g/mol. The van der Waals surface area contributed by atoms with Crippen LogP contribution in [-0.2, 0) is 33.4 Å². The summed E-state index contributed by atoms with van der Waals surface area (Å²) in [6.45, 7) is 4.81. The van der Waals surface area contributed by atoms with Gasteiger partial charge in [-0.25, -0.2) is 0 Å². The summed E-state index contributed by atoms with van der Waals surface area (Å²) < 4.78 is 16.2. The van der Waals surface area contributed by atoms with Gasteiger partial charge >= 0.3 is 5.97 Å². The van der Waals surface area contributed by atoms with Gasteiger partial charge in [-0.2, -0.15) is 0 Å². The molecule has 37 heavy (non-hydrogen) atoms. The van der Waals surface area contributed by atoms with E-state index in [-0.39, 0.29) is 31.1 Å². The number of nitrogens with one attached hydrogen (secondary N) is 3. The van der Waals surface area contributed by atoms with Crippen LogP contribution in [0.2, 0.25) is 0 Å². The van der Waals surface area contributed by atoms with Gasteiger partial charge in [0.2, 0.25) is 18.2 Å². The quantitative estimate of drug-likeness (QED) is 0.0846. The highest BCUT2D eigenvalue weighted by atomic mass is 16.5. The maximum atomic E-state index is 11.9. The number of carbonyl (C=O) groups is 4. The molecular weight excluding hydrogens is 482 g/mol. The van der Waals surface area contributed by atoms with Gasteiger partial charge in [-0.3, -0.25) is 19.2 Å². The molecule has 11 nitrogen and oxygen atoms in total. The first-order chi connectivity index (χ1) is 18.1. The zero-order valence-electron chi connectivity index (χ0n) is 22.4. The number of carboxylic acid groups (broad SMARTS) is 1. The van der Waals surface area contributed by atoms with E-state index in [1.165, 1.54) is 0 Å². The second-order valence-electron chi connectivity index (χ2n) is 8.79. The smallest absolute Gasteiger partial charge is 0.303 e. The molecule has 0 spiro atoms. The zero-order valence-corrected chi connectivity index (χ0v) is 22.4. The molecule has 0 saturated heterocycles. The summed E-state index contributed by atoms with van der Waals surface area (Å²) >= 11 is 0. The predicted octanol–water partition coefficient (Wildman–Crippen LogP) is 2.17. The van der Waals surface area contributed by atoms with Crippen molar-refractivity contribution in [3.63, 3.8) is 0 Å². The second-order valence-corrected chi connectivity index (χ2v) is 8.79. The van der Waals surface area contributed by atoms with Crippen molar-refractivity contribution in [1.82, 2.24) is 16.0 Å². The fourth-order valence-electron chi connectivity index (χ4n) is 3.37. The molecule has 0 heterocycles. The number of unbranched alkanes of at least 4 members (excludes halogenated alkanes) is 7. The molecule has 0 aliphatic rings. The lowest BCUT2D eigenvalue weighted by molar-refractivity contribution is -0.137. The van der Waals surface area contributed by atoms with Gasteiger partial charge in [-0.05, 0) is 25.7 Å². The standard InChI is InChI=1S/C26H49N3O8/c30-23-27-14-9-17-35-19-21-37-22-20-36-18-10-16-29-25(32)13-12-24(31)28-15-8-6-4-2-1-3-5-7-11-26(33)34/h23H,1-22H2,(H,27,30)(H,28,31)(H,29,32)(H,33,34). The predicted molar refractivity (Wildman–Crippen MR) is 140 cm³/mol. The van der Waals surface area contributed by atoms with Crippen molar-refractivity contribution in [1.29, 1.82) is 0 Å². The Morgan fingerprint density at radius 1 is 0.541 bits per heavy atom. The molecule has 0 saturated carbocycles. The molecule has 0 aromatic heterocycles. The normalized spacial score (nSPS) is 10.7. The molecule has 4 N–H and O–H groups in total. The first-order valence-corrected chi connectivity index (χ1v) is 13.7. The summed E-state index contributed by atoms with van der Waals surface area (Å²) in [6.07, 6.45) is 10.9. The second kappa shape index (κ2) is 28.3. The SMILES string of the molecule is O=CNCCCOCCOCCOCCCNC(=O)CCC(=O)NCCCCCCCCCCC(=O)O. The number of amides is 3. The largest absolute Gasteiger partial charge is 0.481 e. The number of rotatable bonds is 29. The van der Waals surface area contributed by atoms with E-state index in [1.807, 2.05) is 0 Å². The van der Waals surface area contributed by atoms with Crippen LogP contribution in [0.25, 0.3) is 0 Å². The van der Waals surface area contributed by atoms with Gasteiger partial charge in [0.1, 0.15) is 0 Å². The van der Waals surface area contributed by atoms with Crippen LogP contribution in [-0.4, -0.2) is 88.6 Å². The molecule has 0 aliphatic carbocycles. The van der Waals surface area contributed by atoms with Gasteiger partial charge in [0.05, 0.1) is 26.4 Å². The fraction of sp³-hybridized carbons (Fsp3) is 0.846. The number of hydrogen-bond donors (Lipinski definition) is 4. The average molecular weight is 532 g/mol. The lowest BCUT2D eigenvalue weighted by Crippen LogP contribution is -2.29. The van der Waals surface area contributed by atoms with Gasteiger partial charge in [-0.1, -0.05) is 38.5 Å². The Hall–Kier alpha value is -2.24. The highest BCUT2D eigenvalue weighted by Gasteiger charge is 2.06. The van der Waals surface area contributed by atoms with Gasteiger partial charge < -0.3 is 35.3 Å². The Labute approximate surface area is 221 Å². The average Bonchev–Trinajstić information content (AvgIpc) is 2.88. The van der Waals surface area contributed by atoms with Crippen LogP contribution in [0.1, 0.15) is 83.5 Å². The van der Waals surface area contributed by atoms with E-state index in [0.717, 1.165) is 57.8 Å². The molecule has 3 amide bonds. The molecule has 0 aliphatic heterocycles. The van der Waals surface area contributed by atoms with Crippen LogP contribution in [0.15, 0.2) is 0 Å². The molecule has 0 radical (unpaired) electrons.